The highest BCUT2D eigenvalue weighted by Crippen LogP contribution is 2.33. The van der Waals surface area contributed by atoms with Gasteiger partial charge >= 0.3 is 5.92 Å². The number of carbonyl (C=O) groups excluding carboxylic acids is 1. The summed E-state index contributed by atoms with van der Waals surface area (Å²) in [4.78, 5) is 23.1. The summed E-state index contributed by atoms with van der Waals surface area (Å²) in [6, 6.07) is 2.49. The third kappa shape index (κ3) is 4.95. The van der Waals surface area contributed by atoms with Crippen LogP contribution in [-0.2, 0) is 10.7 Å². The molecule has 0 unspecified atom stereocenters. The number of ether oxygens (including phenoxy) is 1. The number of pyridine rings is 1. The van der Waals surface area contributed by atoms with Crippen LogP contribution >= 0.6 is 0 Å². The first-order valence-electron chi connectivity index (χ1n) is 9.59. The SMILES string of the molecule is COc1cnc(NC(C)=O)cc1Nc1cc(-c2cnn(C(C)C)c2F)nc(C(C)(F)F)n1. The zero-order chi connectivity index (χ0) is 23.6. The fourth-order valence-corrected chi connectivity index (χ4v) is 2.81. The predicted octanol–water partition coefficient (Wildman–Crippen LogP) is 4.28. The van der Waals surface area contributed by atoms with Gasteiger partial charge in [0.2, 0.25) is 17.7 Å². The fraction of sp³-hybridized carbons (Fsp3) is 0.350. The Labute approximate surface area is 182 Å². The van der Waals surface area contributed by atoms with Crippen molar-refractivity contribution in [2.75, 3.05) is 17.7 Å². The summed E-state index contributed by atoms with van der Waals surface area (Å²) < 4.78 is 49.4. The monoisotopic (exact) mass is 449 g/mol. The number of aromatic nitrogens is 5. The summed E-state index contributed by atoms with van der Waals surface area (Å²) in [7, 11) is 1.40. The normalized spacial score (nSPS) is 11.5. The van der Waals surface area contributed by atoms with Crippen LogP contribution in [0.2, 0.25) is 0 Å². The molecule has 0 aromatic carbocycles. The molecule has 0 spiro atoms. The molecule has 0 fully saturated rings. The first kappa shape index (κ1) is 23.0. The number of nitrogens with one attached hydrogen (secondary N) is 2. The van der Waals surface area contributed by atoms with Gasteiger partial charge in [-0.15, -0.1) is 0 Å². The van der Waals surface area contributed by atoms with Crippen LogP contribution in [0.5, 0.6) is 5.75 Å². The molecule has 12 heteroatoms. The van der Waals surface area contributed by atoms with Crippen molar-refractivity contribution in [3.05, 3.63) is 36.3 Å². The second kappa shape index (κ2) is 8.81. The Bertz CT molecular complexity index is 1140. The minimum absolute atomic E-state index is 0.0403. The number of carbonyl (C=O) groups is 1. The molecule has 0 saturated heterocycles. The van der Waals surface area contributed by atoms with Crippen molar-refractivity contribution in [1.82, 2.24) is 24.7 Å². The third-order valence-electron chi connectivity index (χ3n) is 4.27. The van der Waals surface area contributed by atoms with Crippen molar-refractivity contribution in [2.24, 2.45) is 0 Å². The number of hydrogen-bond donors (Lipinski definition) is 2. The van der Waals surface area contributed by atoms with Crippen LogP contribution in [0.15, 0.2) is 24.5 Å². The molecule has 0 aliphatic carbocycles. The molecule has 0 saturated carbocycles. The van der Waals surface area contributed by atoms with Gasteiger partial charge in [0.25, 0.3) is 0 Å². The van der Waals surface area contributed by atoms with Crippen LogP contribution in [0, 0.1) is 5.95 Å². The summed E-state index contributed by atoms with van der Waals surface area (Å²) in [6.07, 6.45) is 2.57. The quantitative estimate of drug-likeness (QED) is 0.554. The van der Waals surface area contributed by atoms with Crippen molar-refractivity contribution < 1.29 is 22.7 Å². The first-order chi connectivity index (χ1) is 15.0. The van der Waals surface area contributed by atoms with E-state index in [1.54, 1.807) is 13.8 Å². The van der Waals surface area contributed by atoms with Gasteiger partial charge in [0, 0.05) is 32.0 Å². The first-order valence-corrected chi connectivity index (χ1v) is 9.59. The fourth-order valence-electron chi connectivity index (χ4n) is 2.81. The standard InChI is InChI=1S/C20H22F3N7O2/c1-10(2)30-18(21)12(8-25-30)13-6-17(29-19(28-13)20(4,22)23)27-14-7-16(26-11(3)31)24-9-15(14)32-5/h6-10H,1-5H3,(H2,24,26,27,28,29,31). The molecule has 32 heavy (non-hydrogen) atoms. The molecule has 170 valence electrons. The van der Waals surface area contributed by atoms with Crippen molar-refractivity contribution in [2.45, 2.75) is 39.7 Å². The van der Waals surface area contributed by atoms with Crippen molar-refractivity contribution in [1.29, 1.82) is 0 Å². The van der Waals surface area contributed by atoms with E-state index in [2.05, 4.69) is 30.7 Å². The van der Waals surface area contributed by atoms with Gasteiger partial charge in [0.15, 0.2) is 5.75 Å². The van der Waals surface area contributed by atoms with Crippen LogP contribution in [0.1, 0.15) is 39.6 Å². The highest BCUT2D eigenvalue weighted by molar-refractivity contribution is 5.88. The zero-order valence-corrected chi connectivity index (χ0v) is 18.1. The van der Waals surface area contributed by atoms with E-state index in [1.807, 2.05) is 0 Å². The number of halogens is 3. The van der Waals surface area contributed by atoms with Gasteiger partial charge in [0.1, 0.15) is 11.6 Å². The molecular formula is C20H22F3N7O2. The number of alkyl halides is 2. The second-order valence-electron chi connectivity index (χ2n) is 7.31. The lowest BCUT2D eigenvalue weighted by molar-refractivity contribution is -0.114. The molecule has 0 aliphatic heterocycles. The Hall–Kier alpha value is -3.70. The van der Waals surface area contributed by atoms with E-state index in [4.69, 9.17) is 4.74 Å². The van der Waals surface area contributed by atoms with Crippen molar-refractivity contribution >= 4 is 23.2 Å². The minimum atomic E-state index is -3.39. The molecule has 3 rings (SSSR count). The maximum atomic E-state index is 14.8. The summed E-state index contributed by atoms with van der Waals surface area (Å²) in [6.45, 7) is 5.44. The smallest absolute Gasteiger partial charge is 0.303 e. The zero-order valence-electron chi connectivity index (χ0n) is 18.1. The van der Waals surface area contributed by atoms with Gasteiger partial charge < -0.3 is 15.4 Å². The number of amides is 1. The topological polar surface area (TPSA) is 107 Å². The van der Waals surface area contributed by atoms with Crippen LogP contribution in [0.25, 0.3) is 11.3 Å². The molecule has 3 aromatic heterocycles. The summed E-state index contributed by atoms with van der Waals surface area (Å²) in [5.41, 5.74) is 0.174. The Kier molecular flexibility index (Phi) is 6.32. The average molecular weight is 449 g/mol. The average Bonchev–Trinajstić information content (AvgIpc) is 3.08. The van der Waals surface area contributed by atoms with Crippen molar-refractivity contribution in [3.8, 4) is 17.0 Å². The lowest BCUT2D eigenvalue weighted by atomic mass is 10.2. The lowest BCUT2D eigenvalue weighted by Gasteiger charge is -2.15. The van der Waals surface area contributed by atoms with Gasteiger partial charge in [-0.1, -0.05) is 0 Å². The number of rotatable bonds is 7. The van der Waals surface area contributed by atoms with Gasteiger partial charge in [0.05, 0.1) is 36.4 Å². The van der Waals surface area contributed by atoms with Crippen molar-refractivity contribution in [3.63, 3.8) is 0 Å². The second-order valence-corrected chi connectivity index (χ2v) is 7.31. The molecule has 0 atom stereocenters. The van der Waals surface area contributed by atoms with Crippen LogP contribution in [0.3, 0.4) is 0 Å². The van der Waals surface area contributed by atoms with Crippen LogP contribution in [0.4, 0.5) is 30.5 Å². The lowest BCUT2D eigenvalue weighted by Crippen LogP contribution is -2.15. The number of methoxy groups -OCH3 is 1. The summed E-state index contributed by atoms with van der Waals surface area (Å²) in [5, 5.41) is 9.34. The number of hydrogen-bond acceptors (Lipinski definition) is 7. The molecule has 0 aliphatic rings. The molecule has 3 aromatic rings. The molecule has 0 bridgehead atoms. The summed E-state index contributed by atoms with van der Waals surface area (Å²) >= 11 is 0. The third-order valence-corrected chi connectivity index (χ3v) is 4.27. The predicted molar refractivity (Wildman–Crippen MR) is 112 cm³/mol. The Morgan fingerprint density at radius 3 is 2.47 bits per heavy atom. The maximum Gasteiger partial charge on any atom is 0.303 e. The molecular weight excluding hydrogens is 427 g/mol. The van der Waals surface area contributed by atoms with E-state index in [1.165, 1.54) is 38.6 Å². The number of anilines is 3. The largest absolute Gasteiger partial charge is 0.493 e. The molecule has 0 radical (unpaired) electrons. The summed E-state index contributed by atoms with van der Waals surface area (Å²) in [5.74, 6) is -4.80. The molecule has 3 heterocycles. The van der Waals surface area contributed by atoms with E-state index in [-0.39, 0.29) is 40.6 Å². The molecule has 2 N–H and O–H groups in total. The number of nitrogens with zero attached hydrogens (tertiary/aromatic N) is 5. The van der Waals surface area contributed by atoms with E-state index in [9.17, 15) is 18.0 Å². The van der Waals surface area contributed by atoms with Gasteiger partial charge in [-0.2, -0.15) is 18.3 Å². The van der Waals surface area contributed by atoms with Crippen LogP contribution in [-0.4, -0.2) is 37.7 Å². The highest BCUT2D eigenvalue weighted by Gasteiger charge is 2.30. The maximum absolute atomic E-state index is 14.8. The molecule has 1 amide bonds. The molecule has 9 nitrogen and oxygen atoms in total. The minimum Gasteiger partial charge on any atom is -0.493 e. The Morgan fingerprint density at radius 1 is 1.19 bits per heavy atom. The van der Waals surface area contributed by atoms with Crippen LogP contribution < -0.4 is 15.4 Å². The van der Waals surface area contributed by atoms with Gasteiger partial charge in [-0.3, -0.25) is 4.79 Å². The van der Waals surface area contributed by atoms with Gasteiger partial charge in [-0.25, -0.2) is 19.6 Å². The van der Waals surface area contributed by atoms with E-state index < -0.39 is 17.7 Å². The van der Waals surface area contributed by atoms with E-state index >= 15 is 0 Å². The highest BCUT2D eigenvalue weighted by atomic mass is 19.3. The van der Waals surface area contributed by atoms with E-state index in [0.29, 0.717) is 12.6 Å². The Balaban J connectivity index is 2.10. The Morgan fingerprint density at radius 2 is 1.91 bits per heavy atom. The van der Waals surface area contributed by atoms with Gasteiger partial charge in [-0.05, 0) is 13.8 Å². The van der Waals surface area contributed by atoms with E-state index in [0.717, 1.165) is 4.68 Å².